The van der Waals surface area contributed by atoms with Crippen LogP contribution in [0.2, 0.25) is 0 Å². The van der Waals surface area contributed by atoms with Crippen molar-refractivity contribution in [2.45, 2.75) is 17.7 Å². The average molecular weight is 448 g/mol. The van der Waals surface area contributed by atoms with E-state index in [1.165, 1.54) is 23.9 Å². The van der Waals surface area contributed by atoms with E-state index in [1.807, 2.05) is 24.3 Å². The van der Waals surface area contributed by atoms with Crippen molar-refractivity contribution in [3.8, 4) is 11.5 Å². The van der Waals surface area contributed by atoms with Crippen LogP contribution in [0.1, 0.15) is 16.7 Å². The standard InChI is InChI=1S/C25H21NO5S/c27-20-12-9-16(13-21(20)28)6-5-15-7-10-17(11-8-15)26-25(31)24(30)19-14-32-22-4-2-1-3-18(22)23(19)29/h1-4,7-13,27-29H,5-6,14H2,(H,26,31). The van der Waals surface area contributed by atoms with Crippen molar-refractivity contribution in [2.75, 3.05) is 11.1 Å². The lowest BCUT2D eigenvalue weighted by Gasteiger charge is -2.18. The Morgan fingerprint density at radius 3 is 2.28 bits per heavy atom. The number of aliphatic hydroxyl groups excluding tert-OH is 1. The van der Waals surface area contributed by atoms with Crippen LogP contribution in [0.5, 0.6) is 11.5 Å². The summed E-state index contributed by atoms with van der Waals surface area (Å²) in [6, 6.07) is 19.1. The monoisotopic (exact) mass is 447 g/mol. The van der Waals surface area contributed by atoms with Gasteiger partial charge in [-0.2, -0.15) is 0 Å². The van der Waals surface area contributed by atoms with Crippen molar-refractivity contribution >= 4 is 34.9 Å². The molecule has 4 rings (SSSR count). The van der Waals surface area contributed by atoms with E-state index in [4.69, 9.17) is 0 Å². The molecule has 0 spiro atoms. The summed E-state index contributed by atoms with van der Waals surface area (Å²) in [6.07, 6.45) is 1.37. The summed E-state index contributed by atoms with van der Waals surface area (Å²) in [5.41, 5.74) is 3.05. The predicted octanol–water partition coefficient (Wildman–Crippen LogP) is 4.47. The molecule has 0 fully saturated rings. The highest BCUT2D eigenvalue weighted by molar-refractivity contribution is 7.99. The third-order valence-corrected chi connectivity index (χ3v) is 6.33. The van der Waals surface area contributed by atoms with E-state index in [0.717, 1.165) is 16.0 Å². The number of aromatic hydroxyl groups is 2. The molecule has 0 radical (unpaired) electrons. The third kappa shape index (κ3) is 4.63. The zero-order valence-electron chi connectivity index (χ0n) is 17.0. The zero-order valence-corrected chi connectivity index (χ0v) is 17.9. The number of Topliss-reactive ketones (excluding diaryl/α,β-unsaturated/α-hetero) is 1. The number of rotatable bonds is 6. The second-order valence-electron chi connectivity index (χ2n) is 7.42. The Kier molecular flexibility index (Phi) is 6.18. The van der Waals surface area contributed by atoms with Gasteiger partial charge in [-0.05, 0) is 54.3 Å². The number of anilines is 1. The van der Waals surface area contributed by atoms with Crippen LogP contribution in [0.25, 0.3) is 5.76 Å². The largest absolute Gasteiger partial charge is 0.507 e. The molecule has 6 nitrogen and oxygen atoms in total. The molecule has 3 aromatic rings. The van der Waals surface area contributed by atoms with Crippen molar-refractivity contribution in [2.24, 2.45) is 0 Å². The molecule has 4 N–H and O–H groups in total. The number of fused-ring (bicyclic) bond motifs is 1. The highest BCUT2D eigenvalue weighted by atomic mass is 32.2. The van der Waals surface area contributed by atoms with Gasteiger partial charge in [-0.25, -0.2) is 0 Å². The molecule has 0 aliphatic carbocycles. The Balaban J connectivity index is 1.38. The molecule has 0 aromatic heterocycles. The lowest BCUT2D eigenvalue weighted by Crippen LogP contribution is -2.27. The number of hydrogen-bond acceptors (Lipinski definition) is 6. The fraction of sp³-hybridized carbons (Fsp3) is 0.120. The minimum absolute atomic E-state index is 0.0972. The van der Waals surface area contributed by atoms with Gasteiger partial charge in [0.05, 0.1) is 5.57 Å². The molecule has 7 heteroatoms. The second kappa shape index (κ2) is 9.20. The maximum atomic E-state index is 12.6. The fourth-order valence-corrected chi connectivity index (χ4v) is 4.50. The van der Waals surface area contributed by atoms with Crippen molar-refractivity contribution in [3.63, 3.8) is 0 Å². The molecule has 162 valence electrons. The van der Waals surface area contributed by atoms with E-state index in [2.05, 4.69) is 5.32 Å². The number of phenols is 2. The van der Waals surface area contributed by atoms with Crippen molar-refractivity contribution in [1.29, 1.82) is 0 Å². The lowest BCUT2D eigenvalue weighted by atomic mass is 10.0. The van der Waals surface area contributed by atoms with E-state index in [1.54, 1.807) is 30.3 Å². The number of carbonyl (C=O) groups excluding carboxylic acids is 2. The van der Waals surface area contributed by atoms with Crippen molar-refractivity contribution in [1.82, 2.24) is 0 Å². The topological polar surface area (TPSA) is 107 Å². The van der Waals surface area contributed by atoms with Crippen molar-refractivity contribution in [3.05, 3.63) is 89.0 Å². The molecular weight excluding hydrogens is 426 g/mol. The van der Waals surface area contributed by atoms with E-state index >= 15 is 0 Å². The molecular formula is C25H21NO5S. The molecule has 3 aromatic carbocycles. The molecule has 0 saturated carbocycles. The first kappa shape index (κ1) is 21.5. The number of hydrogen-bond donors (Lipinski definition) is 4. The van der Waals surface area contributed by atoms with Gasteiger partial charge in [0.25, 0.3) is 11.7 Å². The summed E-state index contributed by atoms with van der Waals surface area (Å²) in [5, 5.41) is 32.0. The summed E-state index contributed by atoms with van der Waals surface area (Å²) >= 11 is 1.41. The van der Waals surface area contributed by atoms with Crippen LogP contribution < -0.4 is 5.32 Å². The third-order valence-electron chi connectivity index (χ3n) is 5.23. The molecule has 1 heterocycles. The van der Waals surface area contributed by atoms with E-state index in [-0.39, 0.29) is 28.6 Å². The minimum atomic E-state index is -0.793. The first-order valence-corrected chi connectivity index (χ1v) is 11.0. The minimum Gasteiger partial charge on any atom is -0.507 e. The van der Waals surface area contributed by atoms with Gasteiger partial charge in [0, 0.05) is 21.9 Å². The highest BCUT2D eigenvalue weighted by Crippen LogP contribution is 2.36. The van der Waals surface area contributed by atoms with Gasteiger partial charge in [0.1, 0.15) is 5.76 Å². The Bertz CT molecular complexity index is 1220. The number of aryl methyl sites for hydroxylation is 2. The first-order chi connectivity index (χ1) is 15.4. The summed E-state index contributed by atoms with van der Waals surface area (Å²) < 4.78 is 0. The van der Waals surface area contributed by atoms with Crippen LogP contribution in [-0.2, 0) is 22.4 Å². The summed E-state index contributed by atoms with van der Waals surface area (Å²) in [6.45, 7) is 0. The number of ketones is 1. The SMILES string of the molecule is O=C(Nc1ccc(CCc2ccc(O)c(O)c2)cc1)C(=O)C1=C(O)c2ccccc2SC1. The summed E-state index contributed by atoms with van der Waals surface area (Å²) in [5.74, 6) is -1.75. The Morgan fingerprint density at radius 2 is 1.53 bits per heavy atom. The Morgan fingerprint density at radius 1 is 0.844 bits per heavy atom. The van der Waals surface area contributed by atoms with Gasteiger partial charge >= 0.3 is 0 Å². The van der Waals surface area contributed by atoms with Crippen LogP contribution >= 0.6 is 11.8 Å². The number of carbonyl (C=O) groups is 2. The molecule has 0 unspecified atom stereocenters. The highest BCUT2D eigenvalue weighted by Gasteiger charge is 2.28. The molecule has 1 aliphatic rings. The van der Waals surface area contributed by atoms with Gasteiger partial charge in [-0.3, -0.25) is 9.59 Å². The molecule has 1 amide bonds. The molecule has 32 heavy (non-hydrogen) atoms. The number of thioether (sulfide) groups is 1. The van der Waals surface area contributed by atoms with Gasteiger partial charge in [-0.15, -0.1) is 11.8 Å². The molecule has 0 bridgehead atoms. The Hall–Kier alpha value is -3.71. The quantitative estimate of drug-likeness (QED) is 0.328. The molecule has 0 saturated heterocycles. The lowest BCUT2D eigenvalue weighted by molar-refractivity contribution is -0.132. The number of nitrogens with one attached hydrogen (secondary N) is 1. The van der Waals surface area contributed by atoms with E-state index < -0.39 is 11.7 Å². The maximum Gasteiger partial charge on any atom is 0.296 e. The van der Waals surface area contributed by atoms with E-state index in [9.17, 15) is 24.9 Å². The van der Waals surface area contributed by atoms with Gasteiger partial charge in [-0.1, -0.05) is 36.4 Å². The van der Waals surface area contributed by atoms with Gasteiger partial charge in [0.15, 0.2) is 11.5 Å². The number of phenolic OH excluding ortho intramolecular Hbond substituents is 2. The second-order valence-corrected chi connectivity index (χ2v) is 8.43. The zero-order chi connectivity index (χ0) is 22.7. The molecule has 1 aliphatic heterocycles. The van der Waals surface area contributed by atoms with Crippen LogP contribution in [0.4, 0.5) is 5.69 Å². The van der Waals surface area contributed by atoms with Gasteiger partial charge in [0.2, 0.25) is 0 Å². The molecule has 0 atom stereocenters. The Labute approximate surface area is 189 Å². The maximum absolute atomic E-state index is 12.6. The van der Waals surface area contributed by atoms with Crippen LogP contribution in [0.15, 0.2) is 77.2 Å². The summed E-state index contributed by atoms with van der Waals surface area (Å²) in [7, 11) is 0. The number of amides is 1. The normalized spacial score (nSPS) is 12.9. The van der Waals surface area contributed by atoms with Crippen LogP contribution in [0.3, 0.4) is 0 Å². The van der Waals surface area contributed by atoms with Crippen molar-refractivity contribution < 1.29 is 24.9 Å². The smallest absolute Gasteiger partial charge is 0.296 e. The van der Waals surface area contributed by atoms with Gasteiger partial charge < -0.3 is 20.6 Å². The number of aliphatic hydroxyl groups is 1. The average Bonchev–Trinajstić information content (AvgIpc) is 2.81. The van der Waals surface area contributed by atoms with Crippen LogP contribution in [-0.4, -0.2) is 32.8 Å². The fourth-order valence-electron chi connectivity index (χ4n) is 3.43. The van der Waals surface area contributed by atoms with E-state index in [0.29, 0.717) is 24.1 Å². The van der Waals surface area contributed by atoms with Crippen LogP contribution in [0, 0.1) is 0 Å². The summed E-state index contributed by atoms with van der Waals surface area (Å²) in [4.78, 5) is 26.0. The number of benzene rings is 3. The first-order valence-electron chi connectivity index (χ1n) is 10.0. The predicted molar refractivity (Wildman–Crippen MR) is 124 cm³/mol.